The first-order valence-electron chi connectivity index (χ1n) is 9.96. The summed E-state index contributed by atoms with van der Waals surface area (Å²) in [6, 6.07) is 15.5. The summed E-state index contributed by atoms with van der Waals surface area (Å²) in [5.74, 6) is 0.264. The smallest absolute Gasteiger partial charge is 0.337 e. The Labute approximate surface area is 187 Å². The Balaban J connectivity index is 1.50. The van der Waals surface area contributed by atoms with Crippen LogP contribution in [0.25, 0.3) is 0 Å². The van der Waals surface area contributed by atoms with Crippen molar-refractivity contribution < 1.29 is 22.7 Å². The van der Waals surface area contributed by atoms with Crippen molar-refractivity contribution in [1.29, 1.82) is 0 Å². The molecule has 1 amide bonds. The first kappa shape index (κ1) is 23.3. The molecule has 1 saturated heterocycles. The molecule has 1 atom stereocenters. The van der Waals surface area contributed by atoms with E-state index in [-0.39, 0.29) is 35.1 Å². The van der Waals surface area contributed by atoms with Crippen molar-refractivity contribution in [3.05, 3.63) is 65.7 Å². The fourth-order valence-corrected chi connectivity index (χ4v) is 5.66. The van der Waals surface area contributed by atoms with Crippen LogP contribution in [0.1, 0.15) is 22.8 Å². The number of piperazine rings is 1. The first-order valence-corrected chi connectivity index (χ1v) is 12.4. The highest BCUT2D eigenvalue weighted by molar-refractivity contribution is 7.99. The van der Waals surface area contributed by atoms with Crippen LogP contribution >= 0.6 is 11.8 Å². The van der Waals surface area contributed by atoms with Gasteiger partial charge in [-0.15, -0.1) is 11.8 Å². The van der Waals surface area contributed by atoms with Gasteiger partial charge in [-0.1, -0.05) is 30.3 Å². The molecule has 2 aromatic carbocycles. The van der Waals surface area contributed by atoms with Gasteiger partial charge in [-0.25, -0.2) is 13.2 Å². The van der Waals surface area contributed by atoms with Gasteiger partial charge in [0.15, 0.2) is 0 Å². The molecule has 0 unspecified atom stereocenters. The summed E-state index contributed by atoms with van der Waals surface area (Å²) >= 11 is 1.52. The average molecular weight is 463 g/mol. The van der Waals surface area contributed by atoms with Gasteiger partial charge in [-0.05, 0) is 36.8 Å². The number of rotatable bonds is 7. The molecule has 1 aliphatic rings. The molecule has 0 spiro atoms. The summed E-state index contributed by atoms with van der Waals surface area (Å²) in [6.45, 7) is 3.20. The summed E-state index contributed by atoms with van der Waals surface area (Å²) in [5, 5.41) is -0.252. The predicted octanol–water partition coefficient (Wildman–Crippen LogP) is 2.63. The molecule has 9 heteroatoms. The topological polar surface area (TPSA) is 84.0 Å². The van der Waals surface area contributed by atoms with E-state index in [1.165, 1.54) is 23.2 Å². The van der Waals surface area contributed by atoms with Gasteiger partial charge >= 0.3 is 5.97 Å². The minimum absolute atomic E-state index is 0.00735. The number of nitrogens with zero attached hydrogens (tertiary/aromatic N) is 2. The lowest BCUT2D eigenvalue weighted by Crippen LogP contribution is -2.52. The number of ether oxygens (including phenoxy) is 1. The van der Waals surface area contributed by atoms with Gasteiger partial charge in [0, 0.05) is 31.9 Å². The fourth-order valence-electron chi connectivity index (χ4n) is 3.29. The summed E-state index contributed by atoms with van der Waals surface area (Å²) < 4.78 is 31.6. The van der Waals surface area contributed by atoms with Crippen molar-refractivity contribution in [3.63, 3.8) is 0 Å². The van der Waals surface area contributed by atoms with Gasteiger partial charge in [-0.3, -0.25) is 4.79 Å². The summed E-state index contributed by atoms with van der Waals surface area (Å²) in [4.78, 5) is 26.3. The van der Waals surface area contributed by atoms with E-state index in [0.29, 0.717) is 24.4 Å². The highest BCUT2D eigenvalue weighted by Gasteiger charge is 2.31. The maximum absolute atomic E-state index is 12.8. The van der Waals surface area contributed by atoms with Gasteiger partial charge in [0.1, 0.15) is 0 Å². The third-order valence-corrected chi connectivity index (χ3v) is 8.27. The number of hydrogen-bond acceptors (Lipinski definition) is 6. The van der Waals surface area contributed by atoms with E-state index in [9.17, 15) is 18.0 Å². The third kappa shape index (κ3) is 5.66. The largest absolute Gasteiger partial charge is 0.465 e. The minimum atomic E-state index is -3.53. The second-order valence-corrected chi connectivity index (χ2v) is 10.5. The van der Waals surface area contributed by atoms with Crippen LogP contribution in [0.3, 0.4) is 0 Å². The minimum Gasteiger partial charge on any atom is -0.465 e. The molecular formula is C22H26N2O5S2. The number of benzene rings is 2. The maximum Gasteiger partial charge on any atom is 0.337 e. The van der Waals surface area contributed by atoms with Crippen LogP contribution < -0.4 is 0 Å². The van der Waals surface area contributed by atoms with Crippen LogP contribution in [0, 0.1) is 0 Å². The van der Waals surface area contributed by atoms with Gasteiger partial charge in [0.05, 0.1) is 22.8 Å². The van der Waals surface area contributed by atoms with Crippen LogP contribution in [0.2, 0.25) is 0 Å². The molecule has 1 heterocycles. The molecule has 7 nitrogen and oxygen atoms in total. The standard InChI is InChI=1S/C22H26N2O5S2/c1-17(30-16-18-8-10-19(11-9-18)22(26)29-2)21(25)23-12-14-24(15-13-23)31(27,28)20-6-4-3-5-7-20/h3-11,17H,12-16H2,1-2H3/t17-/m1/s1. The number of carbonyl (C=O) groups is 2. The lowest BCUT2D eigenvalue weighted by Gasteiger charge is -2.35. The van der Waals surface area contributed by atoms with E-state index in [0.717, 1.165) is 5.56 Å². The molecule has 0 radical (unpaired) electrons. The molecular weight excluding hydrogens is 436 g/mol. The van der Waals surface area contributed by atoms with E-state index in [1.807, 2.05) is 19.1 Å². The zero-order valence-corrected chi connectivity index (χ0v) is 19.2. The maximum atomic E-state index is 12.8. The van der Waals surface area contributed by atoms with Crippen LogP contribution in [-0.2, 0) is 25.3 Å². The van der Waals surface area contributed by atoms with E-state index in [2.05, 4.69) is 0 Å². The molecule has 1 fully saturated rings. The van der Waals surface area contributed by atoms with Crippen molar-refractivity contribution >= 4 is 33.7 Å². The Kier molecular flexibility index (Phi) is 7.74. The molecule has 1 aliphatic heterocycles. The van der Waals surface area contributed by atoms with Crippen LogP contribution in [0.15, 0.2) is 59.5 Å². The lowest BCUT2D eigenvalue weighted by molar-refractivity contribution is -0.131. The molecule has 0 aromatic heterocycles. The Morgan fingerprint density at radius 1 is 1.00 bits per heavy atom. The molecule has 0 bridgehead atoms. The third-order valence-electron chi connectivity index (χ3n) is 5.15. The second kappa shape index (κ2) is 10.3. The second-order valence-electron chi connectivity index (χ2n) is 7.18. The Hall–Kier alpha value is -2.36. The van der Waals surface area contributed by atoms with Gasteiger partial charge < -0.3 is 9.64 Å². The van der Waals surface area contributed by atoms with Gasteiger partial charge in [-0.2, -0.15) is 4.31 Å². The van der Waals surface area contributed by atoms with Crippen molar-refractivity contribution in [3.8, 4) is 0 Å². The first-order chi connectivity index (χ1) is 14.8. The van der Waals surface area contributed by atoms with E-state index < -0.39 is 10.0 Å². The van der Waals surface area contributed by atoms with Gasteiger partial charge in [0.2, 0.25) is 15.9 Å². The Morgan fingerprint density at radius 2 is 1.61 bits per heavy atom. The van der Waals surface area contributed by atoms with E-state index in [1.54, 1.807) is 47.4 Å². The quantitative estimate of drug-likeness (QED) is 0.588. The van der Waals surface area contributed by atoms with Crippen LogP contribution in [-0.4, -0.2) is 68.0 Å². The number of amides is 1. The fraction of sp³-hybridized carbons (Fsp3) is 0.364. The number of methoxy groups -OCH3 is 1. The Bertz CT molecular complexity index is 1000. The number of sulfonamides is 1. The molecule has 3 rings (SSSR count). The lowest BCUT2D eigenvalue weighted by atomic mass is 10.1. The summed E-state index contributed by atoms with van der Waals surface area (Å²) in [5.41, 5.74) is 1.50. The van der Waals surface area contributed by atoms with Crippen LogP contribution in [0.4, 0.5) is 0 Å². The zero-order valence-electron chi connectivity index (χ0n) is 17.6. The van der Waals surface area contributed by atoms with Crippen molar-refractivity contribution in [2.45, 2.75) is 22.8 Å². The zero-order chi connectivity index (χ0) is 22.4. The van der Waals surface area contributed by atoms with Crippen molar-refractivity contribution in [2.24, 2.45) is 0 Å². The SMILES string of the molecule is COC(=O)c1ccc(CS[C@H](C)C(=O)N2CCN(S(=O)(=O)c3ccccc3)CC2)cc1. The number of carbonyl (C=O) groups excluding carboxylic acids is 2. The van der Waals surface area contributed by atoms with Crippen molar-refractivity contribution in [2.75, 3.05) is 33.3 Å². The molecule has 0 N–H and O–H groups in total. The predicted molar refractivity (Wildman–Crippen MR) is 120 cm³/mol. The number of esters is 1. The van der Waals surface area contributed by atoms with Gasteiger partial charge in [0.25, 0.3) is 0 Å². The molecule has 0 saturated carbocycles. The molecule has 166 valence electrons. The molecule has 2 aromatic rings. The van der Waals surface area contributed by atoms with Crippen molar-refractivity contribution in [1.82, 2.24) is 9.21 Å². The summed E-state index contributed by atoms with van der Waals surface area (Å²) in [7, 11) is -2.19. The highest BCUT2D eigenvalue weighted by Crippen LogP contribution is 2.22. The molecule has 31 heavy (non-hydrogen) atoms. The number of hydrogen-bond donors (Lipinski definition) is 0. The van der Waals surface area contributed by atoms with E-state index in [4.69, 9.17) is 4.74 Å². The summed E-state index contributed by atoms with van der Waals surface area (Å²) in [6.07, 6.45) is 0. The molecule has 0 aliphatic carbocycles. The van der Waals surface area contributed by atoms with Crippen LogP contribution in [0.5, 0.6) is 0 Å². The Morgan fingerprint density at radius 3 is 2.19 bits per heavy atom. The normalized spacial score (nSPS) is 16.0. The number of thioether (sulfide) groups is 1. The average Bonchev–Trinajstić information content (AvgIpc) is 2.82. The highest BCUT2D eigenvalue weighted by atomic mass is 32.2. The monoisotopic (exact) mass is 462 g/mol. The van der Waals surface area contributed by atoms with E-state index >= 15 is 0 Å².